The Kier molecular flexibility index (Phi) is 6.82. The molecule has 1 N–H and O–H groups in total. The van der Waals surface area contributed by atoms with Gasteiger partial charge in [0.25, 0.3) is 0 Å². The van der Waals surface area contributed by atoms with Crippen molar-refractivity contribution < 1.29 is 4.57 Å². The van der Waals surface area contributed by atoms with Gasteiger partial charge < -0.3 is 10.2 Å². The highest BCUT2D eigenvalue weighted by Gasteiger charge is 2.00. The number of pyridine rings is 1. The number of nitrogens with one attached hydrogen (secondary N) is 1. The lowest BCUT2D eigenvalue weighted by Gasteiger charge is -2.19. The summed E-state index contributed by atoms with van der Waals surface area (Å²) in [4.78, 5) is 2.30. The van der Waals surface area contributed by atoms with Gasteiger partial charge in [-0.2, -0.15) is 0 Å². The summed E-state index contributed by atoms with van der Waals surface area (Å²) < 4.78 is 2.16. The van der Waals surface area contributed by atoms with Crippen molar-refractivity contribution in [2.75, 3.05) is 32.1 Å². The van der Waals surface area contributed by atoms with Crippen molar-refractivity contribution in [2.45, 2.75) is 19.9 Å². The highest BCUT2D eigenvalue weighted by Crippen LogP contribution is 2.15. The predicted molar refractivity (Wildman–Crippen MR) is 99.5 cm³/mol. The van der Waals surface area contributed by atoms with Gasteiger partial charge in [-0.1, -0.05) is 24.3 Å². The summed E-state index contributed by atoms with van der Waals surface area (Å²) in [5.41, 5.74) is 3.72. The molecule has 0 amide bonds. The molecule has 3 heteroatoms. The van der Waals surface area contributed by atoms with Gasteiger partial charge in [0.15, 0.2) is 12.4 Å². The van der Waals surface area contributed by atoms with Crippen LogP contribution in [0.15, 0.2) is 48.8 Å². The second kappa shape index (κ2) is 9.11. The average molecular weight is 310 g/mol. The van der Waals surface area contributed by atoms with Crippen LogP contribution in [0.5, 0.6) is 0 Å². The Labute approximate surface area is 140 Å². The molecule has 0 aliphatic carbocycles. The quantitative estimate of drug-likeness (QED) is 0.596. The van der Waals surface area contributed by atoms with Crippen molar-refractivity contribution in [1.29, 1.82) is 0 Å². The number of aryl methyl sites for hydroxylation is 1. The van der Waals surface area contributed by atoms with Crippen molar-refractivity contribution >= 4 is 17.8 Å². The minimum Gasteiger partial charge on any atom is -0.375 e. The summed E-state index contributed by atoms with van der Waals surface area (Å²) >= 11 is 0. The standard InChI is InChI=1S/C20H28N3/c1-4-23-16-12-19(13-17-23)7-6-18-8-10-20(11-9-18)22(3)15-5-14-21-2/h6-13,16-17,21H,4-5,14-15H2,1-3H3/q+1. The highest BCUT2D eigenvalue weighted by atomic mass is 15.1. The minimum atomic E-state index is 1.01. The van der Waals surface area contributed by atoms with E-state index in [2.05, 4.69) is 89.7 Å². The Balaban J connectivity index is 1.94. The second-order valence-electron chi connectivity index (χ2n) is 5.77. The third-order valence-electron chi connectivity index (χ3n) is 4.00. The molecule has 0 unspecified atom stereocenters. The van der Waals surface area contributed by atoms with E-state index in [1.54, 1.807) is 0 Å². The molecule has 0 aliphatic heterocycles. The first-order valence-electron chi connectivity index (χ1n) is 8.36. The summed E-state index contributed by atoms with van der Waals surface area (Å²) in [5, 5.41) is 3.19. The number of hydrogen-bond donors (Lipinski definition) is 1. The van der Waals surface area contributed by atoms with Crippen LogP contribution in [-0.2, 0) is 6.54 Å². The van der Waals surface area contributed by atoms with Gasteiger partial charge in [0, 0.05) is 31.4 Å². The molecule has 1 heterocycles. The number of aromatic nitrogens is 1. The molecule has 1 aromatic heterocycles. The molecule has 2 rings (SSSR count). The van der Waals surface area contributed by atoms with E-state index in [0.717, 1.165) is 26.1 Å². The normalized spacial score (nSPS) is 11.1. The first-order valence-corrected chi connectivity index (χ1v) is 8.36. The third kappa shape index (κ3) is 5.53. The third-order valence-corrected chi connectivity index (χ3v) is 4.00. The molecular formula is C20H28N3+. The molecule has 0 saturated carbocycles. The van der Waals surface area contributed by atoms with E-state index in [1.165, 1.54) is 16.8 Å². The van der Waals surface area contributed by atoms with Crippen LogP contribution < -0.4 is 14.8 Å². The van der Waals surface area contributed by atoms with E-state index in [4.69, 9.17) is 0 Å². The smallest absolute Gasteiger partial charge is 0.169 e. The fourth-order valence-corrected chi connectivity index (χ4v) is 2.45. The molecule has 122 valence electrons. The summed E-state index contributed by atoms with van der Waals surface area (Å²) in [6.07, 6.45) is 9.70. The van der Waals surface area contributed by atoms with E-state index >= 15 is 0 Å². The van der Waals surface area contributed by atoms with E-state index in [0.29, 0.717) is 0 Å². The van der Waals surface area contributed by atoms with E-state index < -0.39 is 0 Å². The first-order chi connectivity index (χ1) is 11.2. The van der Waals surface area contributed by atoms with Crippen LogP contribution in [0.2, 0.25) is 0 Å². The van der Waals surface area contributed by atoms with Gasteiger partial charge in [0.1, 0.15) is 6.54 Å². The van der Waals surface area contributed by atoms with E-state index in [-0.39, 0.29) is 0 Å². The maximum absolute atomic E-state index is 3.19. The van der Waals surface area contributed by atoms with E-state index in [1.807, 2.05) is 7.05 Å². The zero-order valence-electron chi connectivity index (χ0n) is 14.5. The van der Waals surface area contributed by atoms with Gasteiger partial charge >= 0.3 is 0 Å². The molecule has 23 heavy (non-hydrogen) atoms. The molecule has 0 aliphatic rings. The Morgan fingerprint density at radius 1 is 1.00 bits per heavy atom. The number of benzene rings is 1. The maximum Gasteiger partial charge on any atom is 0.169 e. The minimum absolute atomic E-state index is 1.01. The molecule has 2 aromatic rings. The number of nitrogens with zero attached hydrogens (tertiary/aromatic N) is 2. The largest absolute Gasteiger partial charge is 0.375 e. The van der Waals surface area contributed by atoms with Gasteiger partial charge in [-0.3, -0.25) is 0 Å². The van der Waals surface area contributed by atoms with Crippen molar-refractivity contribution in [3.8, 4) is 0 Å². The lowest BCUT2D eigenvalue weighted by molar-refractivity contribution is -0.693. The van der Waals surface area contributed by atoms with Crippen LogP contribution >= 0.6 is 0 Å². The highest BCUT2D eigenvalue weighted by molar-refractivity contribution is 5.70. The monoisotopic (exact) mass is 310 g/mol. The lowest BCUT2D eigenvalue weighted by Crippen LogP contribution is -2.30. The van der Waals surface area contributed by atoms with Gasteiger partial charge in [0.05, 0.1) is 0 Å². The zero-order valence-corrected chi connectivity index (χ0v) is 14.5. The van der Waals surface area contributed by atoms with Crippen molar-refractivity contribution in [1.82, 2.24) is 5.32 Å². The van der Waals surface area contributed by atoms with Crippen LogP contribution in [-0.4, -0.2) is 27.2 Å². The first kappa shape index (κ1) is 17.2. The van der Waals surface area contributed by atoms with Crippen molar-refractivity contribution in [3.63, 3.8) is 0 Å². The van der Waals surface area contributed by atoms with Crippen LogP contribution in [0.25, 0.3) is 12.2 Å². The van der Waals surface area contributed by atoms with Crippen molar-refractivity contribution in [2.24, 2.45) is 0 Å². The molecule has 0 saturated heterocycles. The predicted octanol–water partition coefficient (Wildman–Crippen LogP) is 3.21. The van der Waals surface area contributed by atoms with Crippen LogP contribution in [0.1, 0.15) is 24.5 Å². The summed E-state index contributed by atoms with van der Waals surface area (Å²) in [7, 11) is 4.14. The molecule has 0 atom stereocenters. The summed E-state index contributed by atoms with van der Waals surface area (Å²) in [5.74, 6) is 0. The van der Waals surface area contributed by atoms with Crippen LogP contribution in [0.3, 0.4) is 0 Å². The summed E-state index contributed by atoms with van der Waals surface area (Å²) in [6.45, 7) is 5.28. The van der Waals surface area contributed by atoms with Gasteiger partial charge in [-0.25, -0.2) is 4.57 Å². The number of anilines is 1. The van der Waals surface area contributed by atoms with Crippen LogP contribution in [0.4, 0.5) is 5.69 Å². The van der Waals surface area contributed by atoms with Gasteiger partial charge in [0.2, 0.25) is 0 Å². The SMILES string of the molecule is CC[n+]1ccc(/C=C/c2ccc(N(C)CCCNC)cc2)cc1. The molecule has 1 aromatic carbocycles. The number of rotatable bonds is 8. The van der Waals surface area contributed by atoms with E-state index in [9.17, 15) is 0 Å². The Bertz CT molecular complexity index is 600. The Hall–Kier alpha value is -2.13. The lowest BCUT2D eigenvalue weighted by atomic mass is 10.1. The fourth-order valence-electron chi connectivity index (χ4n) is 2.45. The zero-order chi connectivity index (χ0) is 16.5. The average Bonchev–Trinajstić information content (AvgIpc) is 2.61. The topological polar surface area (TPSA) is 19.1 Å². The van der Waals surface area contributed by atoms with Gasteiger partial charge in [-0.05, 0) is 50.2 Å². The summed E-state index contributed by atoms with van der Waals surface area (Å²) in [6, 6.07) is 13.0. The molecule has 0 fully saturated rings. The fraction of sp³-hybridized carbons (Fsp3) is 0.350. The molecule has 0 bridgehead atoms. The molecular weight excluding hydrogens is 282 g/mol. The Morgan fingerprint density at radius 2 is 1.61 bits per heavy atom. The number of hydrogen-bond acceptors (Lipinski definition) is 2. The van der Waals surface area contributed by atoms with Crippen molar-refractivity contribution in [3.05, 3.63) is 59.9 Å². The molecule has 0 radical (unpaired) electrons. The maximum atomic E-state index is 3.19. The second-order valence-corrected chi connectivity index (χ2v) is 5.77. The molecule has 3 nitrogen and oxygen atoms in total. The van der Waals surface area contributed by atoms with Gasteiger partial charge in [-0.15, -0.1) is 0 Å². The van der Waals surface area contributed by atoms with Crippen LogP contribution in [0, 0.1) is 0 Å². The molecule has 0 spiro atoms. The Morgan fingerprint density at radius 3 is 2.17 bits per heavy atom.